The van der Waals surface area contributed by atoms with Crippen LogP contribution in [0.3, 0.4) is 0 Å². The molecule has 7 heteroatoms. The molecule has 0 radical (unpaired) electrons. The van der Waals surface area contributed by atoms with Gasteiger partial charge in [0.25, 0.3) is 11.6 Å². The molecule has 1 aromatic rings. The van der Waals surface area contributed by atoms with Gasteiger partial charge >= 0.3 is 5.97 Å². The largest absolute Gasteiger partial charge is 0.452 e. The number of hydrogen-bond donors (Lipinski definition) is 1. The Labute approximate surface area is 121 Å². The minimum Gasteiger partial charge on any atom is -0.452 e. The number of nitro benzene ring substituents is 1. The summed E-state index contributed by atoms with van der Waals surface area (Å²) in [6.45, 7) is 1.52. The number of amides is 1. The van der Waals surface area contributed by atoms with Gasteiger partial charge in [0.05, 0.1) is 10.5 Å². The molecule has 0 spiro atoms. The minimum atomic E-state index is -0.757. The average molecular weight is 292 g/mol. The third-order valence-corrected chi connectivity index (χ3v) is 3.34. The Morgan fingerprint density at radius 3 is 2.81 bits per heavy atom. The lowest BCUT2D eigenvalue weighted by Crippen LogP contribution is -2.37. The van der Waals surface area contributed by atoms with Crippen LogP contribution < -0.4 is 5.32 Å². The molecule has 1 aliphatic carbocycles. The number of nitro groups is 1. The van der Waals surface area contributed by atoms with E-state index in [1.54, 1.807) is 0 Å². The van der Waals surface area contributed by atoms with Crippen molar-refractivity contribution in [1.82, 2.24) is 5.32 Å². The van der Waals surface area contributed by atoms with Crippen molar-refractivity contribution in [2.24, 2.45) is 5.92 Å². The first-order chi connectivity index (χ1) is 9.97. The molecule has 1 amide bonds. The Morgan fingerprint density at radius 1 is 1.48 bits per heavy atom. The highest BCUT2D eigenvalue weighted by atomic mass is 16.6. The van der Waals surface area contributed by atoms with Gasteiger partial charge in [-0.2, -0.15) is 0 Å². The van der Waals surface area contributed by atoms with Crippen molar-refractivity contribution in [1.29, 1.82) is 0 Å². The van der Waals surface area contributed by atoms with Crippen molar-refractivity contribution < 1.29 is 19.2 Å². The number of ether oxygens (including phenoxy) is 1. The Bertz CT molecular complexity index is 568. The van der Waals surface area contributed by atoms with Gasteiger partial charge in [0.1, 0.15) is 0 Å². The predicted octanol–water partition coefficient (Wildman–Crippen LogP) is 1.67. The van der Waals surface area contributed by atoms with Gasteiger partial charge < -0.3 is 10.1 Å². The molecule has 1 N–H and O–H groups in total. The van der Waals surface area contributed by atoms with Crippen LogP contribution in [0.2, 0.25) is 0 Å². The molecule has 112 valence electrons. The number of non-ortho nitro benzene ring substituents is 1. The molecule has 7 nitrogen and oxygen atoms in total. The van der Waals surface area contributed by atoms with Gasteiger partial charge in [0, 0.05) is 18.2 Å². The van der Waals surface area contributed by atoms with E-state index in [1.807, 2.05) is 6.92 Å². The van der Waals surface area contributed by atoms with Crippen molar-refractivity contribution in [3.8, 4) is 0 Å². The molecule has 1 atom stereocenters. The van der Waals surface area contributed by atoms with Gasteiger partial charge in [-0.1, -0.05) is 6.07 Å². The van der Waals surface area contributed by atoms with Crippen LogP contribution in [-0.4, -0.2) is 29.4 Å². The fourth-order valence-corrected chi connectivity index (χ4v) is 1.97. The maximum Gasteiger partial charge on any atom is 0.338 e. The first kappa shape index (κ1) is 15.0. The summed E-state index contributed by atoms with van der Waals surface area (Å²) < 4.78 is 4.85. The first-order valence-corrected chi connectivity index (χ1v) is 6.68. The lowest BCUT2D eigenvalue weighted by molar-refractivity contribution is -0.384. The molecule has 0 heterocycles. The molecule has 1 saturated carbocycles. The Kier molecular flexibility index (Phi) is 4.52. The van der Waals surface area contributed by atoms with Crippen molar-refractivity contribution >= 4 is 17.6 Å². The van der Waals surface area contributed by atoms with E-state index in [2.05, 4.69) is 5.32 Å². The number of carbonyl (C=O) groups is 2. The second-order valence-corrected chi connectivity index (χ2v) is 5.08. The number of nitrogens with one attached hydrogen (secondary N) is 1. The maximum absolute atomic E-state index is 11.7. The lowest BCUT2D eigenvalue weighted by Gasteiger charge is -2.12. The zero-order chi connectivity index (χ0) is 15.4. The van der Waals surface area contributed by atoms with Gasteiger partial charge in [-0.25, -0.2) is 4.79 Å². The fourth-order valence-electron chi connectivity index (χ4n) is 1.97. The summed E-state index contributed by atoms with van der Waals surface area (Å²) in [4.78, 5) is 33.4. The van der Waals surface area contributed by atoms with Crippen LogP contribution in [0.25, 0.3) is 0 Å². The number of rotatable bonds is 6. The van der Waals surface area contributed by atoms with E-state index in [0.717, 1.165) is 18.9 Å². The highest BCUT2D eigenvalue weighted by Gasteiger charge is 2.29. The number of hydrogen-bond acceptors (Lipinski definition) is 5. The van der Waals surface area contributed by atoms with Gasteiger partial charge in [0.2, 0.25) is 0 Å². The third-order valence-electron chi connectivity index (χ3n) is 3.34. The summed E-state index contributed by atoms with van der Waals surface area (Å²) in [5.74, 6) is -0.609. The van der Waals surface area contributed by atoms with Crippen LogP contribution in [0.1, 0.15) is 30.1 Å². The SMILES string of the molecule is C[C@@H](NC(=O)COC(=O)c1cccc([N+](=O)[O-])c1)C1CC1. The summed E-state index contributed by atoms with van der Waals surface area (Å²) >= 11 is 0. The van der Waals surface area contributed by atoms with E-state index in [0.29, 0.717) is 5.92 Å². The molecule has 0 bridgehead atoms. The Morgan fingerprint density at radius 2 is 2.19 bits per heavy atom. The number of carbonyl (C=O) groups excluding carboxylic acids is 2. The third kappa shape index (κ3) is 4.27. The maximum atomic E-state index is 11.7. The molecular weight excluding hydrogens is 276 g/mol. The average Bonchev–Trinajstić information content (AvgIpc) is 3.29. The first-order valence-electron chi connectivity index (χ1n) is 6.68. The molecule has 0 unspecified atom stereocenters. The second kappa shape index (κ2) is 6.34. The fraction of sp³-hybridized carbons (Fsp3) is 0.429. The molecule has 21 heavy (non-hydrogen) atoms. The highest BCUT2D eigenvalue weighted by molar-refractivity contribution is 5.91. The van der Waals surface area contributed by atoms with Crippen molar-refractivity contribution in [2.75, 3.05) is 6.61 Å². The van der Waals surface area contributed by atoms with Crippen molar-refractivity contribution in [2.45, 2.75) is 25.8 Å². The van der Waals surface area contributed by atoms with Gasteiger partial charge in [-0.3, -0.25) is 14.9 Å². The van der Waals surface area contributed by atoms with Crippen molar-refractivity contribution in [3.63, 3.8) is 0 Å². The summed E-state index contributed by atoms with van der Waals surface area (Å²) in [5.41, 5.74) is -0.150. The topological polar surface area (TPSA) is 98.5 Å². The molecule has 0 aromatic heterocycles. The Balaban J connectivity index is 1.84. The standard InChI is InChI=1S/C14H16N2O5/c1-9(10-5-6-10)15-13(17)8-21-14(18)11-3-2-4-12(7-11)16(19)20/h2-4,7,9-10H,5-6,8H2,1H3,(H,15,17)/t9-/m1/s1. The molecule has 0 aliphatic heterocycles. The van der Waals surface area contributed by atoms with E-state index < -0.39 is 17.5 Å². The zero-order valence-electron chi connectivity index (χ0n) is 11.6. The Hall–Kier alpha value is -2.44. The molecular formula is C14H16N2O5. The van der Waals surface area contributed by atoms with E-state index in [9.17, 15) is 19.7 Å². The molecule has 1 aromatic carbocycles. The van der Waals surface area contributed by atoms with Gasteiger partial charge in [0.15, 0.2) is 6.61 Å². The van der Waals surface area contributed by atoms with E-state index in [-0.39, 0.29) is 23.2 Å². The number of esters is 1. The molecule has 1 aliphatic rings. The van der Waals surface area contributed by atoms with Crippen molar-refractivity contribution in [3.05, 3.63) is 39.9 Å². The lowest BCUT2D eigenvalue weighted by atomic mass is 10.2. The van der Waals surface area contributed by atoms with E-state index >= 15 is 0 Å². The smallest absolute Gasteiger partial charge is 0.338 e. The molecule has 0 saturated heterocycles. The molecule has 2 rings (SSSR count). The quantitative estimate of drug-likeness (QED) is 0.488. The van der Waals surface area contributed by atoms with Crippen LogP contribution in [0.4, 0.5) is 5.69 Å². The minimum absolute atomic E-state index is 0.0484. The molecule has 1 fully saturated rings. The van der Waals surface area contributed by atoms with Crippen LogP contribution in [0.15, 0.2) is 24.3 Å². The van der Waals surface area contributed by atoms with Crippen LogP contribution in [0, 0.1) is 16.0 Å². The van der Waals surface area contributed by atoms with Gasteiger partial charge in [-0.15, -0.1) is 0 Å². The normalized spacial score (nSPS) is 15.1. The summed E-state index contributed by atoms with van der Waals surface area (Å²) in [5, 5.41) is 13.4. The summed E-state index contributed by atoms with van der Waals surface area (Å²) in [6.07, 6.45) is 2.21. The summed E-state index contributed by atoms with van der Waals surface area (Å²) in [6, 6.07) is 5.27. The van der Waals surface area contributed by atoms with Crippen LogP contribution in [0.5, 0.6) is 0 Å². The number of nitrogens with zero attached hydrogens (tertiary/aromatic N) is 1. The van der Waals surface area contributed by atoms with Gasteiger partial charge in [-0.05, 0) is 31.7 Å². The predicted molar refractivity (Wildman–Crippen MR) is 73.7 cm³/mol. The second-order valence-electron chi connectivity index (χ2n) is 5.08. The van der Waals surface area contributed by atoms with Crippen LogP contribution in [-0.2, 0) is 9.53 Å². The van der Waals surface area contributed by atoms with E-state index in [1.165, 1.54) is 18.2 Å². The highest BCUT2D eigenvalue weighted by Crippen LogP contribution is 2.32. The zero-order valence-corrected chi connectivity index (χ0v) is 11.6. The monoisotopic (exact) mass is 292 g/mol. The van der Waals surface area contributed by atoms with E-state index in [4.69, 9.17) is 4.74 Å². The number of benzene rings is 1. The summed E-state index contributed by atoms with van der Waals surface area (Å²) in [7, 11) is 0. The van der Waals surface area contributed by atoms with Crippen LogP contribution >= 0.6 is 0 Å².